The van der Waals surface area contributed by atoms with Gasteiger partial charge in [0.15, 0.2) is 0 Å². The lowest BCUT2D eigenvalue weighted by Crippen LogP contribution is -2.30. The van der Waals surface area contributed by atoms with Crippen LogP contribution in [-0.2, 0) is 6.54 Å². The Balaban J connectivity index is 0.000000596. The van der Waals surface area contributed by atoms with Gasteiger partial charge in [-0.3, -0.25) is 4.99 Å². The lowest BCUT2D eigenvalue weighted by Gasteiger charge is -2.31. The van der Waals surface area contributed by atoms with E-state index in [0.29, 0.717) is 5.92 Å². The van der Waals surface area contributed by atoms with E-state index in [2.05, 4.69) is 54.4 Å². The highest BCUT2D eigenvalue weighted by atomic mass is 35.5. The molecule has 0 saturated carbocycles. The van der Waals surface area contributed by atoms with Gasteiger partial charge in [0, 0.05) is 36.5 Å². The van der Waals surface area contributed by atoms with Crippen LogP contribution in [0.5, 0.6) is 0 Å². The number of nitrogens with zero attached hydrogens (tertiary/aromatic N) is 2. The summed E-state index contributed by atoms with van der Waals surface area (Å²) in [4.78, 5) is 8.10. The van der Waals surface area contributed by atoms with Gasteiger partial charge in [0.2, 0.25) is 0 Å². The van der Waals surface area contributed by atoms with Crippen LogP contribution in [0.2, 0.25) is 4.34 Å². The number of nitrogens with two attached hydrogens (primary N) is 1. The molecule has 1 aliphatic rings. The van der Waals surface area contributed by atoms with Crippen LogP contribution in [0.15, 0.2) is 72.9 Å². The van der Waals surface area contributed by atoms with E-state index in [-0.39, 0.29) is 0 Å². The van der Waals surface area contributed by atoms with Crippen LogP contribution in [0.1, 0.15) is 27.5 Å². The zero-order valence-electron chi connectivity index (χ0n) is 15.9. The van der Waals surface area contributed by atoms with Crippen molar-refractivity contribution < 1.29 is 0 Å². The largest absolute Gasteiger partial charge is 0.405 e. The fourth-order valence-corrected chi connectivity index (χ4v) is 4.65. The van der Waals surface area contributed by atoms with E-state index in [1.54, 1.807) is 36.7 Å². The van der Waals surface area contributed by atoms with Gasteiger partial charge >= 0.3 is 0 Å². The molecule has 0 radical (unpaired) electrons. The maximum atomic E-state index is 6.28. The topological polar surface area (TPSA) is 41.6 Å². The second kappa shape index (κ2) is 10.3. The predicted octanol–water partition coefficient (Wildman–Crippen LogP) is 5.23. The molecule has 1 aromatic heterocycles. The first-order chi connectivity index (χ1) is 13.0. The van der Waals surface area contributed by atoms with Gasteiger partial charge in [-0.15, -0.1) is 11.3 Å². The minimum Gasteiger partial charge on any atom is -0.405 e. The van der Waals surface area contributed by atoms with Crippen molar-refractivity contribution in [3.8, 4) is 0 Å². The van der Waals surface area contributed by atoms with Crippen LogP contribution in [0.25, 0.3) is 0 Å². The molecule has 0 amide bonds. The van der Waals surface area contributed by atoms with Gasteiger partial charge in [0.05, 0.1) is 10.0 Å². The third kappa shape index (κ3) is 5.19. The van der Waals surface area contributed by atoms with Gasteiger partial charge in [-0.1, -0.05) is 61.2 Å². The van der Waals surface area contributed by atoms with Crippen molar-refractivity contribution in [1.82, 2.24) is 4.90 Å². The first-order valence-corrected chi connectivity index (χ1v) is 9.89. The van der Waals surface area contributed by atoms with E-state index >= 15 is 0 Å². The molecule has 2 N–H and O–H groups in total. The Hall–Kier alpha value is -2.14. The summed E-state index contributed by atoms with van der Waals surface area (Å²) in [5.74, 6) is 0.298. The zero-order chi connectivity index (χ0) is 19.8. The molecule has 2 aromatic rings. The summed E-state index contributed by atoms with van der Waals surface area (Å²) in [7, 11) is 3.95. The number of likely N-dealkylation sites (N-methyl/N-ethyl adjacent to an activating group) is 1. The monoisotopic (exact) mass is 399 g/mol. The zero-order valence-corrected chi connectivity index (χ0v) is 17.4. The van der Waals surface area contributed by atoms with E-state index in [0.717, 1.165) is 28.7 Å². The molecule has 0 fully saturated rings. The number of halogens is 1. The fraction of sp³-hybridized carbons (Fsp3) is 0.227. The van der Waals surface area contributed by atoms with Gasteiger partial charge in [-0.05, 0) is 36.5 Å². The molecule has 0 spiro atoms. The first-order valence-electron chi connectivity index (χ1n) is 8.70. The number of allylic oxidation sites excluding steroid dienone is 3. The van der Waals surface area contributed by atoms with Gasteiger partial charge in [-0.25, -0.2) is 0 Å². The molecule has 27 heavy (non-hydrogen) atoms. The summed E-state index contributed by atoms with van der Waals surface area (Å²) >= 11 is 7.96. The highest BCUT2D eigenvalue weighted by molar-refractivity contribution is 7.16. The van der Waals surface area contributed by atoms with E-state index in [4.69, 9.17) is 17.3 Å². The summed E-state index contributed by atoms with van der Waals surface area (Å²) in [6, 6.07) is 10.5. The Morgan fingerprint density at radius 3 is 2.63 bits per heavy atom. The van der Waals surface area contributed by atoms with Crippen molar-refractivity contribution in [1.29, 1.82) is 0 Å². The molecule has 3 rings (SSSR count). The minimum absolute atomic E-state index is 0.298. The molecule has 1 atom stereocenters. The van der Waals surface area contributed by atoms with Crippen molar-refractivity contribution in [3.63, 3.8) is 0 Å². The normalized spacial score (nSPS) is 17.1. The smallest absolute Gasteiger partial charge is 0.0934 e. The number of rotatable bonds is 4. The summed E-state index contributed by atoms with van der Waals surface area (Å²) < 4.78 is 0.860. The van der Waals surface area contributed by atoms with E-state index in [1.165, 1.54) is 16.0 Å². The van der Waals surface area contributed by atoms with Crippen molar-refractivity contribution in [2.24, 2.45) is 10.7 Å². The summed E-state index contributed by atoms with van der Waals surface area (Å²) in [6.45, 7) is 8.66. The molecule has 5 heteroatoms. The highest BCUT2D eigenvalue weighted by Gasteiger charge is 2.28. The van der Waals surface area contributed by atoms with E-state index in [1.807, 2.05) is 12.1 Å². The second-order valence-corrected chi connectivity index (χ2v) is 7.97. The molecular weight excluding hydrogens is 374 g/mol. The van der Waals surface area contributed by atoms with E-state index < -0.39 is 0 Å². The second-order valence-electron chi connectivity index (χ2n) is 6.20. The Bertz CT molecular complexity index is 845. The third-order valence-corrected chi connectivity index (χ3v) is 5.63. The van der Waals surface area contributed by atoms with Crippen molar-refractivity contribution >= 4 is 28.6 Å². The van der Waals surface area contributed by atoms with Gasteiger partial charge < -0.3 is 10.6 Å². The van der Waals surface area contributed by atoms with Crippen LogP contribution in [0.3, 0.4) is 0 Å². The predicted molar refractivity (Wildman–Crippen MR) is 120 cm³/mol. The maximum Gasteiger partial charge on any atom is 0.0934 e. The number of thiophene rings is 1. The number of aliphatic imine (C=N–C) groups is 1. The number of hydrogen-bond acceptors (Lipinski definition) is 4. The van der Waals surface area contributed by atoms with Crippen LogP contribution in [0, 0.1) is 0 Å². The molecule has 0 bridgehead atoms. The molecule has 2 heterocycles. The molecule has 0 aliphatic carbocycles. The SMILES string of the molecule is C=CC=C.CN=C(/C=C\N)c1ccccc1C1CN(C)Cc2sc(Cl)cc21. The number of fused-ring (bicyclic) bond motifs is 1. The Morgan fingerprint density at radius 1 is 1.30 bits per heavy atom. The van der Waals surface area contributed by atoms with Gasteiger partial charge in [0.1, 0.15) is 0 Å². The van der Waals surface area contributed by atoms with Crippen molar-refractivity contribution in [3.05, 3.63) is 93.8 Å². The lowest BCUT2D eigenvalue weighted by atomic mass is 9.84. The van der Waals surface area contributed by atoms with Gasteiger partial charge in [-0.2, -0.15) is 0 Å². The molecule has 3 nitrogen and oxygen atoms in total. The van der Waals surface area contributed by atoms with Crippen LogP contribution < -0.4 is 5.73 Å². The quantitative estimate of drug-likeness (QED) is 0.565. The standard InChI is InChI=1S/C18H20ClN3S.C4H6/c1-21-16(7-8-20)13-6-4-3-5-12(13)15-10-22(2)11-17-14(15)9-18(19)23-17;1-3-4-2/h3-9,15H,10-11,20H2,1-2H3;3-4H,1-2H2/b8-7-,21-16?;. The molecule has 0 saturated heterocycles. The Kier molecular flexibility index (Phi) is 8.04. The Morgan fingerprint density at radius 2 is 2.00 bits per heavy atom. The molecule has 142 valence electrons. The molecule has 1 aromatic carbocycles. The van der Waals surface area contributed by atoms with Gasteiger partial charge in [0.25, 0.3) is 0 Å². The fourth-order valence-electron chi connectivity index (χ4n) is 3.22. The summed E-state index contributed by atoms with van der Waals surface area (Å²) in [6.07, 6.45) is 6.67. The lowest BCUT2D eigenvalue weighted by molar-refractivity contribution is 0.299. The average molecular weight is 400 g/mol. The molecule has 1 unspecified atom stereocenters. The highest BCUT2D eigenvalue weighted by Crippen LogP contribution is 2.40. The summed E-state index contributed by atoms with van der Waals surface area (Å²) in [5, 5.41) is 0. The minimum atomic E-state index is 0.298. The maximum absolute atomic E-state index is 6.28. The van der Waals surface area contributed by atoms with Crippen LogP contribution in [0.4, 0.5) is 0 Å². The Labute approximate surface area is 171 Å². The molecular formula is C22H26ClN3S. The molecule has 1 aliphatic heterocycles. The third-order valence-electron chi connectivity index (χ3n) is 4.37. The van der Waals surface area contributed by atoms with Crippen LogP contribution in [-0.4, -0.2) is 31.3 Å². The first kappa shape index (κ1) is 21.2. The van der Waals surface area contributed by atoms with Crippen molar-refractivity contribution in [2.75, 3.05) is 20.6 Å². The number of benzene rings is 1. The average Bonchev–Trinajstić information content (AvgIpc) is 3.05. The van der Waals surface area contributed by atoms with E-state index in [9.17, 15) is 0 Å². The van der Waals surface area contributed by atoms with Crippen LogP contribution >= 0.6 is 22.9 Å². The van der Waals surface area contributed by atoms with Crippen molar-refractivity contribution in [2.45, 2.75) is 12.5 Å². The number of hydrogen-bond donors (Lipinski definition) is 1. The summed E-state index contributed by atoms with van der Waals surface area (Å²) in [5.41, 5.74) is 10.2.